The van der Waals surface area contributed by atoms with Crippen LogP contribution in [-0.2, 0) is 6.42 Å². The second kappa shape index (κ2) is 6.18. The van der Waals surface area contributed by atoms with E-state index in [4.69, 9.17) is 0 Å². The highest BCUT2D eigenvalue weighted by Crippen LogP contribution is 2.26. The zero-order valence-electron chi connectivity index (χ0n) is 11.2. The average molecular weight is 236 g/mol. The summed E-state index contributed by atoms with van der Waals surface area (Å²) in [6, 6.07) is 7.84. The number of aliphatic hydroxyl groups is 2. The van der Waals surface area contributed by atoms with Gasteiger partial charge in [0.15, 0.2) is 0 Å². The van der Waals surface area contributed by atoms with Crippen LogP contribution in [0.25, 0.3) is 0 Å². The third-order valence-corrected chi connectivity index (χ3v) is 3.20. The summed E-state index contributed by atoms with van der Waals surface area (Å²) < 4.78 is 0. The maximum Gasteiger partial charge on any atom is 0.0815 e. The molecule has 2 heteroatoms. The summed E-state index contributed by atoms with van der Waals surface area (Å²) in [6.45, 7) is 8.01. The normalized spacial score (nSPS) is 15.3. The molecule has 0 saturated carbocycles. The highest BCUT2D eigenvalue weighted by Gasteiger charge is 2.18. The van der Waals surface area contributed by atoms with E-state index >= 15 is 0 Å². The Hall–Kier alpha value is -0.860. The summed E-state index contributed by atoms with van der Waals surface area (Å²) in [5, 5.41) is 20.1. The first-order valence-corrected chi connectivity index (χ1v) is 6.37. The Morgan fingerprint density at radius 1 is 0.941 bits per heavy atom. The maximum atomic E-state index is 10.1. The van der Waals surface area contributed by atoms with Gasteiger partial charge in [-0.3, -0.25) is 0 Å². The van der Waals surface area contributed by atoms with Crippen molar-refractivity contribution >= 4 is 0 Å². The summed E-state index contributed by atoms with van der Waals surface area (Å²) in [7, 11) is 0. The molecule has 0 amide bonds. The van der Waals surface area contributed by atoms with Crippen LogP contribution in [0.5, 0.6) is 0 Å². The minimum absolute atomic E-state index is 0.187. The molecule has 1 rings (SSSR count). The maximum absolute atomic E-state index is 10.1. The first-order valence-electron chi connectivity index (χ1n) is 6.37. The van der Waals surface area contributed by atoms with Crippen molar-refractivity contribution in [3.63, 3.8) is 0 Å². The van der Waals surface area contributed by atoms with E-state index in [9.17, 15) is 10.2 Å². The number of aliphatic hydroxyl groups excluding tert-OH is 2. The zero-order valence-corrected chi connectivity index (χ0v) is 11.2. The number of hydrogen-bond acceptors (Lipinski definition) is 2. The zero-order chi connectivity index (χ0) is 13.0. The molecule has 0 heterocycles. The van der Waals surface area contributed by atoms with Crippen LogP contribution in [0.4, 0.5) is 0 Å². The van der Waals surface area contributed by atoms with Crippen molar-refractivity contribution in [2.45, 2.75) is 46.3 Å². The third kappa shape index (κ3) is 3.83. The molecule has 1 aromatic rings. The molecular weight excluding hydrogens is 212 g/mol. The van der Waals surface area contributed by atoms with Crippen LogP contribution in [0.15, 0.2) is 24.3 Å². The summed E-state index contributed by atoms with van der Waals surface area (Å²) >= 11 is 0. The average Bonchev–Trinajstić information content (AvgIpc) is 2.28. The van der Waals surface area contributed by atoms with E-state index in [1.54, 1.807) is 0 Å². The molecule has 0 aromatic heterocycles. The van der Waals surface area contributed by atoms with Crippen LogP contribution in [-0.4, -0.2) is 16.3 Å². The van der Waals surface area contributed by atoms with Gasteiger partial charge >= 0.3 is 0 Å². The fraction of sp³-hybridized carbons (Fsp3) is 0.600. The lowest BCUT2D eigenvalue weighted by Crippen LogP contribution is -2.19. The van der Waals surface area contributed by atoms with Gasteiger partial charge in [0, 0.05) is 0 Å². The monoisotopic (exact) mass is 236 g/mol. The summed E-state index contributed by atoms with van der Waals surface area (Å²) in [4.78, 5) is 0. The van der Waals surface area contributed by atoms with E-state index in [2.05, 4.69) is 0 Å². The molecule has 17 heavy (non-hydrogen) atoms. The first-order chi connectivity index (χ1) is 7.93. The summed E-state index contributed by atoms with van der Waals surface area (Å²) in [5.41, 5.74) is 2.00. The van der Waals surface area contributed by atoms with Gasteiger partial charge in [-0.2, -0.15) is 0 Å². The van der Waals surface area contributed by atoms with Crippen molar-refractivity contribution in [3.05, 3.63) is 35.4 Å². The second-order valence-electron chi connectivity index (χ2n) is 5.40. The lowest BCUT2D eigenvalue weighted by atomic mass is 9.90. The van der Waals surface area contributed by atoms with Crippen molar-refractivity contribution in [1.82, 2.24) is 0 Å². The van der Waals surface area contributed by atoms with E-state index in [-0.39, 0.29) is 17.9 Å². The SMILES string of the molecule is CC(C)C(O)Cc1ccccc1C(O)C(C)C. The van der Waals surface area contributed by atoms with Crippen molar-refractivity contribution < 1.29 is 10.2 Å². The standard InChI is InChI=1S/C15H24O2/c1-10(2)14(16)9-12-7-5-6-8-13(12)15(17)11(3)4/h5-8,10-11,14-17H,9H2,1-4H3. The lowest BCUT2D eigenvalue weighted by Gasteiger charge is -2.21. The van der Waals surface area contributed by atoms with E-state index < -0.39 is 6.10 Å². The van der Waals surface area contributed by atoms with Crippen LogP contribution in [0.2, 0.25) is 0 Å². The Morgan fingerprint density at radius 3 is 2.06 bits per heavy atom. The van der Waals surface area contributed by atoms with Crippen LogP contribution in [0.3, 0.4) is 0 Å². The van der Waals surface area contributed by atoms with Gasteiger partial charge in [0.05, 0.1) is 12.2 Å². The molecule has 0 spiro atoms. The van der Waals surface area contributed by atoms with Gasteiger partial charge in [0.2, 0.25) is 0 Å². The molecule has 2 nitrogen and oxygen atoms in total. The van der Waals surface area contributed by atoms with Crippen LogP contribution >= 0.6 is 0 Å². The van der Waals surface area contributed by atoms with Crippen molar-refractivity contribution in [2.24, 2.45) is 11.8 Å². The number of rotatable bonds is 5. The molecule has 2 N–H and O–H groups in total. The smallest absolute Gasteiger partial charge is 0.0815 e. The van der Waals surface area contributed by atoms with Crippen molar-refractivity contribution in [1.29, 1.82) is 0 Å². The van der Waals surface area contributed by atoms with Gasteiger partial charge in [0.25, 0.3) is 0 Å². The predicted molar refractivity (Wildman–Crippen MR) is 70.8 cm³/mol. The highest BCUT2D eigenvalue weighted by molar-refractivity contribution is 5.30. The molecule has 0 aliphatic carbocycles. The van der Waals surface area contributed by atoms with Gasteiger partial charge in [-0.05, 0) is 29.4 Å². The highest BCUT2D eigenvalue weighted by atomic mass is 16.3. The Balaban J connectivity index is 2.92. The van der Waals surface area contributed by atoms with Crippen molar-refractivity contribution in [3.8, 4) is 0 Å². The topological polar surface area (TPSA) is 40.5 Å². The minimum atomic E-state index is -0.453. The third-order valence-electron chi connectivity index (χ3n) is 3.20. The van der Waals surface area contributed by atoms with Gasteiger partial charge in [-0.1, -0.05) is 52.0 Å². The van der Waals surface area contributed by atoms with E-state index in [1.165, 1.54) is 0 Å². The van der Waals surface area contributed by atoms with E-state index in [0.717, 1.165) is 11.1 Å². The molecule has 2 unspecified atom stereocenters. The van der Waals surface area contributed by atoms with E-state index in [1.807, 2.05) is 52.0 Å². The quantitative estimate of drug-likeness (QED) is 0.825. The molecule has 0 fully saturated rings. The van der Waals surface area contributed by atoms with Gasteiger partial charge in [0.1, 0.15) is 0 Å². The molecule has 0 aliphatic heterocycles. The summed E-state index contributed by atoms with van der Waals surface area (Å²) in [6.07, 6.45) is -0.196. The predicted octanol–water partition coefficient (Wildman–Crippen LogP) is 2.94. The molecule has 2 atom stereocenters. The second-order valence-corrected chi connectivity index (χ2v) is 5.40. The molecule has 0 bridgehead atoms. The van der Waals surface area contributed by atoms with Gasteiger partial charge < -0.3 is 10.2 Å². The minimum Gasteiger partial charge on any atom is -0.393 e. The molecule has 0 radical (unpaired) electrons. The molecule has 0 saturated heterocycles. The van der Waals surface area contributed by atoms with Gasteiger partial charge in [-0.15, -0.1) is 0 Å². The lowest BCUT2D eigenvalue weighted by molar-refractivity contribution is 0.115. The molecule has 1 aromatic carbocycles. The van der Waals surface area contributed by atoms with Gasteiger partial charge in [-0.25, -0.2) is 0 Å². The Labute approximate surface area is 104 Å². The fourth-order valence-electron chi connectivity index (χ4n) is 1.83. The number of benzene rings is 1. The Morgan fingerprint density at radius 2 is 1.53 bits per heavy atom. The molecular formula is C15H24O2. The number of hydrogen-bond donors (Lipinski definition) is 2. The summed E-state index contributed by atoms with van der Waals surface area (Å²) in [5.74, 6) is 0.423. The largest absolute Gasteiger partial charge is 0.393 e. The van der Waals surface area contributed by atoms with Crippen LogP contribution < -0.4 is 0 Å². The molecule has 0 aliphatic rings. The Kier molecular flexibility index (Phi) is 5.16. The van der Waals surface area contributed by atoms with E-state index in [0.29, 0.717) is 6.42 Å². The first kappa shape index (κ1) is 14.2. The van der Waals surface area contributed by atoms with Crippen molar-refractivity contribution in [2.75, 3.05) is 0 Å². The van der Waals surface area contributed by atoms with Crippen LogP contribution in [0, 0.1) is 11.8 Å². The fourth-order valence-corrected chi connectivity index (χ4v) is 1.83. The Bertz CT molecular complexity index is 345. The molecule has 96 valence electrons. The van der Waals surface area contributed by atoms with Crippen LogP contribution in [0.1, 0.15) is 44.9 Å².